The van der Waals surface area contributed by atoms with Gasteiger partial charge in [-0.2, -0.15) is 4.37 Å². The van der Waals surface area contributed by atoms with E-state index in [4.69, 9.17) is 5.21 Å². The van der Waals surface area contributed by atoms with Crippen LogP contribution in [0, 0.1) is 4.91 Å². The molecule has 3 aromatic rings. The molecule has 0 saturated heterocycles. The van der Waals surface area contributed by atoms with Crippen molar-refractivity contribution in [2.45, 2.75) is 13.3 Å². The van der Waals surface area contributed by atoms with Gasteiger partial charge in [-0.3, -0.25) is 4.79 Å². The van der Waals surface area contributed by atoms with Crippen LogP contribution in [0.25, 0.3) is 10.9 Å². The van der Waals surface area contributed by atoms with Crippen LogP contribution in [0.3, 0.4) is 0 Å². The number of rotatable bonds is 8. The van der Waals surface area contributed by atoms with E-state index in [9.17, 15) is 9.70 Å². The summed E-state index contributed by atoms with van der Waals surface area (Å²) in [5.41, 5.74) is 2.41. The number of hydrogen-bond donors (Lipinski definition) is 1. The van der Waals surface area contributed by atoms with E-state index in [0.29, 0.717) is 34.6 Å². The second kappa shape index (κ2) is 9.20. The monoisotopic (exact) mass is 414 g/mol. The summed E-state index contributed by atoms with van der Waals surface area (Å²) < 4.78 is 8.95. The molecule has 10 heteroatoms. The quantitative estimate of drug-likeness (QED) is 0.319. The number of benzene rings is 2. The van der Waals surface area contributed by atoms with Gasteiger partial charge in [-0.05, 0) is 48.8 Å². The van der Waals surface area contributed by atoms with E-state index in [2.05, 4.69) is 24.2 Å². The lowest BCUT2D eigenvalue weighted by Crippen LogP contribution is -2.25. The normalized spacial score (nSPS) is 11.1. The Labute approximate surface area is 170 Å². The van der Waals surface area contributed by atoms with Crippen molar-refractivity contribution >= 4 is 50.5 Å². The van der Waals surface area contributed by atoms with Gasteiger partial charge >= 0.3 is 11.7 Å². The molecule has 9 nitrogen and oxygen atoms in total. The van der Waals surface area contributed by atoms with Gasteiger partial charge in [0.2, 0.25) is 0 Å². The molecule has 1 N–H and O–H groups in total. The van der Waals surface area contributed by atoms with E-state index in [1.54, 1.807) is 6.07 Å². The van der Waals surface area contributed by atoms with E-state index >= 15 is 0 Å². The van der Waals surface area contributed by atoms with Gasteiger partial charge in [-0.15, -0.1) is 10.2 Å². The molecule has 1 heterocycles. The number of azo groups is 1. The molecule has 0 fully saturated rings. The summed E-state index contributed by atoms with van der Waals surface area (Å²) >= 11 is 1.16. The van der Waals surface area contributed by atoms with Gasteiger partial charge < -0.3 is 9.64 Å². The molecule has 0 atom stereocenters. The Morgan fingerprint density at radius 1 is 1.24 bits per heavy atom. The number of carbonyl (C=O) groups excluding carboxylic acids is 1. The van der Waals surface area contributed by atoms with E-state index in [-0.39, 0.29) is 16.6 Å². The van der Waals surface area contributed by atoms with Crippen molar-refractivity contribution in [1.82, 2.24) is 4.37 Å². The first kappa shape index (κ1) is 20.3. The third-order valence-corrected chi connectivity index (χ3v) is 5.09. The number of fused-ring (bicyclic) bond motifs is 1. The first-order chi connectivity index (χ1) is 14.0. The van der Waals surface area contributed by atoms with Crippen LogP contribution in [0.15, 0.2) is 52.7 Å². The fraction of sp³-hybridized carbons (Fsp3) is 0.263. The van der Waals surface area contributed by atoms with Gasteiger partial charge in [-0.1, -0.05) is 0 Å². The van der Waals surface area contributed by atoms with Gasteiger partial charge in [0, 0.05) is 36.3 Å². The van der Waals surface area contributed by atoms with Crippen LogP contribution in [-0.2, 0) is 9.53 Å². The molecule has 0 bridgehead atoms. The van der Waals surface area contributed by atoms with Crippen molar-refractivity contribution in [3.63, 3.8) is 0 Å². The molecule has 0 aliphatic heterocycles. The van der Waals surface area contributed by atoms with Crippen LogP contribution >= 0.6 is 11.5 Å². The molecular formula is C19H20N5O4S+. The largest absolute Gasteiger partial charge is 0.469 e. The molecule has 0 radical (unpaired) electrons. The molecule has 0 amide bonds. The Hall–Kier alpha value is -3.40. The first-order valence-electron chi connectivity index (χ1n) is 8.91. The topological polar surface area (TPSA) is 107 Å². The standard InChI is InChI=1S/C19H20N5O4S/c1-3-23(11-10-18(25)28-2)14-6-4-13(5-7-14)20-21-19-16-12-15(24(26)27)8-9-17(16)22-29-19/h4-9,12H,3,10-11H2,1-2H3,(H,26,27)/q+1/b21-20+. The van der Waals surface area contributed by atoms with Crippen LogP contribution < -0.4 is 4.90 Å². The van der Waals surface area contributed by atoms with Gasteiger partial charge in [0.15, 0.2) is 5.00 Å². The maximum Gasteiger partial charge on any atom is 0.317 e. The number of hydrogen-bond acceptors (Lipinski definition) is 8. The van der Waals surface area contributed by atoms with E-state index < -0.39 is 0 Å². The molecule has 2 aromatic carbocycles. The summed E-state index contributed by atoms with van der Waals surface area (Å²) in [4.78, 5) is 24.3. The van der Waals surface area contributed by atoms with Gasteiger partial charge in [0.1, 0.15) is 0 Å². The second-order valence-corrected chi connectivity index (χ2v) is 6.84. The minimum Gasteiger partial charge on any atom is -0.469 e. The Morgan fingerprint density at radius 2 is 2.00 bits per heavy atom. The van der Waals surface area contributed by atoms with Crippen LogP contribution in [0.5, 0.6) is 0 Å². The number of anilines is 1. The highest BCUT2D eigenvalue weighted by Gasteiger charge is 2.15. The zero-order valence-corrected chi connectivity index (χ0v) is 16.8. The number of aromatic nitrogens is 1. The van der Waals surface area contributed by atoms with Crippen molar-refractivity contribution < 1.29 is 19.7 Å². The molecular weight excluding hydrogens is 394 g/mol. The number of methoxy groups -OCH3 is 1. The fourth-order valence-corrected chi connectivity index (χ4v) is 3.42. The van der Waals surface area contributed by atoms with E-state index in [1.807, 2.05) is 31.2 Å². The first-order valence-corrected chi connectivity index (χ1v) is 9.68. The Bertz CT molecular complexity index is 1050. The molecule has 29 heavy (non-hydrogen) atoms. The molecule has 0 unspecified atom stereocenters. The maximum absolute atomic E-state index is 11.4. The third kappa shape index (κ3) is 4.91. The molecule has 150 valence electrons. The van der Waals surface area contributed by atoms with Crippen LogP contribution in [-0.4, -0.2) is 40.7 Å². The minimum atomic E-state index is -0.241. The predicted molar refractivity (Wildman–Crippen MR) is 110 cm³/mol. The van der Waals surface area contributed by atoms with Gasteiger partial charge in [0.05, 0.1) is 29.6 Å². The van der Waals surface area contributed by atoms with Crippen molar-refractivity contribution in [1.29, 1.82) is 0 Å². The summed E-state index contributed by atoms with van der Waals surface area (Å²) in [5, 5.41) is 18.7. The molecule has 0 aliphatic rings. The van der Waals surface area contributed by atoms with E-state index in [0.717, 1.165) is 23.8 Å². The number of nitrogens with zero attached hydrogens (tertiary/aromatic N) is 5. The van der Waals surface area contributed by atoms with Crippen molar-refractivity contribution in [3.05, 3.63) is 47.4 Å². The summed E-state index contributed by atoms with van der Waals surface area (Å²) in [6, 6.07) is 12.1. The Balaban J connectivity index is 1.74. The smallest absolute Gasteiger partial charge is 0.317 e. The predicted octanol–water partition coefficient (Wildman–Crippen LogP) is 4.90. The van der Waals surface area contributed by atoms with Gasteiger partial charge in [0.25, 0.3) is 4.92 Å². The summed E-state index contributed by atoms with van der Waals surface area (Å²) in [6.45, 7) is 3.35. The molecule has 0 aliphatic carbocycles. The highest BCUT2D eigenvalue weighted by molar-refractivity contribution is 7.11. The summed E-state index contributed by atoms with van der Waals surface area (Å²) in [5.74, 6) is -0.241. The van der Waals surface area contributed by atoms with Crippen molar-refractivity contribution in [3.8, 4) is 0 Å². The molecule has 0 spiro atoms. The second-order valence-electron chi connectivity index (χ2n) is 6.08. The van der Waals surface area contributed by atoms with Crippen LogP contribution in [0.2, 0.25) is 0 Å². The zero-order chi connectivity index (χ0) is 20.8. The zero-order valence-electron chi connectivity index (χ0n) is 16.0. The molecule has 0 saturated carbocycles. The average molecular weight is 414 g/mol. The summed E-state index contributed by atoms with van der Waals surface area (Å²) in [6.07, 6.45) is 0.320. The number of esters is 1. The fourth-order valence-electron chi connectivity index (χ4n) is 2.74. The third-order valence-electron chi connectivity index (χ3n) is 4.33. The van der Waals surface area contributed by atoms with Crippen LogP contribution in [0.1, 0.15) is 13.3 Å². The van der Waals surface area contributed by atoms with E-state index in [1.165, 1.54) is 19.2 Å². The minimum absolute atomic E-state index is 0.102. The lowest BCUT2D eigenvalue weighted by atomic mass is 10.2. The number of carbonyl (C=O) groups is 1. The Kier molecular flexibility index (Phi) is 6.45. The van der Waals surface area contributed by atoms with Crippen molar-refractivity contribution in [2.75, 3.05) is 25.1 Å². The maximum atomic E-state index is 11.4. The average Bonchev–Trinajstić information content (AvgIpc) is 3.15. The lowest BCUT2D eigenvalue weighted by Gasteiger charge is -2.22. The number of ether oxygens (including phenoxy) is 1. The van der Waals surface area contributed by atoms with Crippen LogP contribution in [0.4, 0.5) is 22.1 Å². The summed E-state index contributed by atoms with van der Waals surface area (Å²) in [7, 11) is 1.38. The van der Waals surface area contributed by atoms with Gasteiger partial charge in [-0.25, -0.2) is 5.21 Å². The molecule has 1 aromatic heterocycles. The molecule has 3 rings (SSSR count). The highest BCUT2D eigenvalue weighted by atomic mass is 32.1. The Morgan fingerprint density at radius 3 is 2.66 bits per heavy atom. The highest BCUT2D eigenvalue weighted by Crippen LogP contribution is 2.34. The van der Waals surface area contributed by atoms with Crippen molar-refractivity contribution in [2.24, 2.45) is 10.2 Å². The lowest BCUT2D eigenvalue weighted by molar-refractivity contribution is -0.729. The SMILES string of the molecule is CCN(CCC(=O)OC)c1ccc(/N=N/c2snc3ccc([N+](=O)O)cc23)cc1.